The van der Waals surface area contributed by atoms with Crippen molar-refractivity contribution in [2.24, 2.45) is 5.92 Å². The summed E-state index contributed by atoms with van der Waals surface area (Å²) in [6.45, 7) is 4.46. The molecule has 1 unspecified atom stereocenters. The minimum absolute atomic E-state index is 0.258. The van der Waals surface area contributed by atoms with Gasteiger partial charge in [0.1, 0.15) is 11.6 Å². The van der Waals surface area contributed by atoms with E-state index in [1.807, 2.05) is 13.1 Å². The Morgan fingerprint density at radius 3 is 2.85 bits per heavy atom. The number of nitrogens with zero attached hydrogens (tertiary/aromatic N) is 3. The summed E-state index contributed by atoms with van der Waals surface area (Å²) in [5.74, 6) is 1.80. The molecule has 0 bridgehead atoms. The molecule has 1 aromatic carbocycles. The van der Waals surface area contributed by atoms with Crippen LogP contribution in [0.15, 0.2) is 35.4 Å². The van der Waals surface area contributed by atoms with Crippen LogP contribution >= 0.6 is 0 Å². The lowest BCUT2D eigenvalue weighted by molar-refractivity contribution is 0.185. The summed E-state index contributed by atoms with van der Waals surface area (Å²) in [5, 5.41) is 0. The van der Waals surface area contributed by atoms with Gasteiger partial charge in [-0.3, -0.25) is 0 Å². The molecule has 2 aromatic rings. The van der Waals surface area contributed by atoms with E-state index in [0.29, 0.717) is 25.4 Å². The van der Waals surface area contributed by atoms with E-state index in [0.717, 1.165) is 30.9 Å². The lowest BCUT2D eigenvalue weighted by Crippen LogP contribution is -2.29. The predicted molar refractivity (Wildman–Crippen MR) is 102 cm³/mol. The highest BCUT2D eigenvalue weighted by Gasteiger charge is 2.33. The normalized spacial score (nSPS) is 18.1. The van der Waals surface area contributed by atoms with Gasteiger partial charge in [0.05, 0.1) is 18.6 Å². The molecule has 0 spiro atoms. The Balaban J connectivity index is 1.70. The first-order valence-electron chi connectivity index (χ1n) is 9.10. The van der Waals surface area contributed by atoms with Gasteiger partial charge >= 0.3 is 0 Å². The Bertz CT molecular complexity index is 879. The van der Waals surface area contributed by atoms with Crippen LogP contribution in [-0.4, -0.2) is 56.2 Å². The SMILES string of the molecule is COCCn1c(C)cnc1CC1CCN(S(=O)(=O)c2cccc(OC)c2)C1. The summed E-state index contributed by atoms with van der Waals surface area (Å²) < 4.78 is 40.0. The van der Waals surface area contributed by atoms with Gasteiger partial charge < -0.3 is 14.0 Å². The zero-order chi connectivity index (χ0) is 19.4. The van der Waals surface area contributed by atoms with Crippen LogP contribution in [0, 0.1) is 12.8 Å². The Hall–Kier alpha value is -1.90. The van der Waals surface area contributed by atoms with Gasteiger partial charge in [0.15, 0.2) is 0 Å². The molecule has 1 saturated heterocycles. The molecule has 1 atom stereocenters. The number of imidazole rings is 1. The maximum Gasteiger partial charge on any atom is 0.243 e. The van der Waals surface area contributed by atoms with Gasteiger partial charge in [0, 0.05) is 51.1 Å². The van der Waals surface area contributed by atoms with E-state index < -0.39 is 10.0 Å². The minimum atomic E-state index is -3.51. The molecule has 27 heavy (non-hydrogen) atoms. The molecule has 1 aliphatic heterocycles. The molecule has 0 radical (unpaired) electrons. The van der Waals surface area contributed by atoms with Gasteiger partial charge in [0.25, 0.3) is 0 Å². The van der Waals surface area contributed by atoms with Crippen molar-refractivity contribution in [1.29, 1.82) is 0 Å². The standard InChI is InChI=1S/C19H27N3O4S/c1-15-13-20-19(22(15)9-10-25-2)11-16-7-8-21(14-16)27(23,24)18-6-4-5-17(12-18)26-3/h4-6,12-13,16H,7-11,14H2,1-3H3. The monoisotopic (exact) mass is 393 g/mol. The van der Waals surface area contributed by atoms with Crippen LogP contribution in [0.2, 0.25) is 0 Å². The molecule has 3 rings (SSSR count). The van der Waals surface area contributed by atoms with Gasteiger partial charge in [-0.2, -0.15) is 4.31 Å². The number of hydrogen-bond donors (Lipinski definition) is 0. The van der Waals surface area contributed by atoms with Crippen molar-refractivity contribution in [3.63, 3.8) is 0 Å². The molecule has 0 aliphatic carbocycles. The van der Waals surface area contributed by atoms with Crippen LogP contribution in [0.3, 0.4) is 0 Å². The third kappa shape index (κ3) is 4.34. The minimum Gasteiger partial charge on any atom is -0.497 e. The van der Waals surface area contributed by atoms with Crippen molar-refractivity contribution in [2.45, 2.75) is 31.2 Å². The number of rotatable bonds is 8. The van der Waals surface area contributed by atoms with E-state index in [4.69, 9.17) is 9.47 Å². The van der Waals surface area contributed by atoms with E-state index in [2.05, 4.69) is 9.55 Å². The first kappa shape index (κ1) is 19.9. The van der Waals surface area contributed by atoms with E-state index in [1.54, 1.807) is 35.7 Å². The highest BCUT2D eigenvalue weighted by atomic mass is 32.2. The Morgan fingerprint density at radius 2 is 2.11 bits per heavy atom. The lowest BCUT2D eigenvalue weighted by Gasteiger charge is -2.17. The number of aromatic nitrogens is 2. The molecule has 7 nitrogen and oxygen atoms in total. The maximum atomic E-state index is 12.9. The topological polar surface area (TPSA) is 73.7 Å². The van der Waals surface area contributed by atoms with Gasteiger partial charge in [-0.15, -0.1) is 0 Å². The number of aryl methyl sites for hydroxylation is 1. The largest absolute Gasteiger partial charge is 0.497 e. The highest BCUT2D eigenvalue weighted by Crippen LogP contribution is 2.28. The second-order valence-electron chi connectivity index (χ2n) is 6.86. The Labute approximate surface area is 161 Å². The molecule has 1 fully saturated rings. The van der Waals surface area contributed by atoms with Crippen LogP contribution in [0.4, 0.5) is 0 Å². The van der Waals surface area contributed by atoms with E-state index in [1.165, 1.54) is 7.11 Å². The van der Waals surface area contributed by atoms with Crippen molar-refractivity contribution in [3.8, 4) is 5.75 Å². The smallest absolute Gasteiger partial charge is 0.243 e. The maximum absolute atomic E-state index is 12.9. The second-order valence-corrected chi connectivity index (χ2v) is 8.80. The summed E-state index contributed by atoms with van der Waals surface area (Å²) in [5.41, 5.74) is 1.10. The molecular formula is C19H27N3O4S. The molecule has 1 aliphatic rings. The summed E-state index contributed by atoms with van der Waals surface area (Å²) in [7, 11) is -0.292. The molecular weight excluding hydrogens is 366 g/mol. The Kier molecular flexibility index (Phi) is 6.18. The zero-order valence-electron chi connectivity index (χ0n) is 16.1. The third-order valence-electron chi connectivity index (χ3n) is 5.06. The van der Waals surface area contributed by atoms with Crippen molar-refractivity contribution in [1.82, 2.24) is 13.9 Å². The summed E-state index contributed by atoms with van der Waals surface area (Å²) in [6.07, 6.45) is 3.46. The average Bonchev–Trinajstić information content (AvgIpc) is 3.28. The second kappa shape index (κ2) is 8.41. The van der Waals surface area contributed by atoms with Crippen molar-refractivity contribution < 1.29 is 17.9 Å². The Morgan fingerprint density at radius 1 is 1.30 bits per heavy atom. The summed E-state index contributed by atoms with van der Waals surface area (Å²) in [6, 6.07) is 6.64. The molecule has 2 heterocycles. The van der Waals surface area contributed by atoms with Gasteiger partial charge in [-0.25, -0.2) is 13.4 Å². The summed E-state index contributed by atoms with van der Waals surface area (Å²) >= 11 is 0. The molecule has 148 valence electrons. The van der Waals surface area contributed by atoms with Crippen LogP contribution < -0.4 is 4.74 Å². The lowest BCUT2D eigenvalue weighted by atomic mass is 10.0. The van der Waals surface area contributed by atoms with Crippen molar-refractivity contribution in [2.75, 3.05) is 33.9 Å². The van der Waals surface area contributed by atoms with Crippen molar-refractivity contribution in [3.05, 3.63) is 42.0 Å². The fraction of sp³-hybridized carbons (Fsp3) is 0.526. The predicted octanol–water partition coefficient (Wildman–Crippen LogP) is 2.10. The number of benzene rings is 1. The van der Waals surface area contributed by atoms with Crippen molar-refractivity contribution >= 4 is 10.0 Å². The number of sulfonamides is 1. The van der Waals surface area contributed by atoms with Crippen LogP contribution in [0.5, 0.6) is 5.75 Å². The fourth-order valence-corrected chi connectivity index (χ4v) is 5.08. The van der Waals surface area contributed by atoms with Crippen LogP contribution in [0.25, 0.3) is 0 Å². The van der Waals surface area contributed by atoms with E-state index in [-0.39, 0.29) is 10.8 Å². The number of ether oxygens (including phenoxy) is 2. The molecule has 8 heteroatoms. The molecule has 0 N–H and O–H groups in total. The fourth-order valence-electron chi connectivity index (χ4n) is 3.51. The molecule has 1 aromatic heterocycles. The van der Waals surface area contributed by atoms with Crippen LogP contribution in [0.1, 0.15) is 17.9 Å². The zero-order valence-corrected chi connectivity index (χ0v) is 16.9. The summed E-state index contributed by atoms with van der Waals surface area (Å²) in [4.78, 5) is 4.80. The van der Waals surface area contributed by atoms with Crippen LogP contribution in [-0.2, 0) is 27.7 Å². The average molecular weight is 394 g/mol. The molecule has 0 amide bonds. The van der Waals surface area contributed by atoms with E-state index >= 15 is 0 Å². The van der Waals surface area contributed by atoms with Gasteiger partial charge in [-0.1, -0.05) is 6.07 Å². The first-order chi connectivity index (χ1) is 13.0. The third-order valence-corrected chi connectivity index (χ3v) is 6.92. The van der Waals surface area contributed by atoms with E-state index in [9.17, 15) is 8.42 Å². The molecule has 0 saturated carbocycles. The van der Waals surface area contributed by atoms with Gasteiger partial charge in [0.2, 0.25) is 10.0 Å². The van der Waals surface area contributed by atoms with Gasteiger partial charge in [-0.05, 0) is 31.4 Å². The highest BCUT2D eigenvalue weighted by molar-refractivity contribution is 7.89. The number of hydrogen-bond acceptors (Lipinski definition) is 5. The number of methoxy groups -OCH3 is 2. The first-order valence-corrected chi connectivity index (χ1v) is 10.5. The quantitative estimate of drug-likeness (QED) is 0.687.